The Morgan fingerprint density at radius 2 is 1.76 bits per heavy atom. The maximum atomic E-state index is 13.3. The van der Waals surface area contributed by atoms with Crippen LogP contribution in [0.1, 0.15) is 68.7 Å². The van der Waals surface area contributed by atoms with E-state index >= 15 is 0 Å². The van der Waals surface area contributed by atoms with Crippen LogP contribution in [0.15, 0.2) is 65.8 Å². The smallest absolute Gasteiger partial charge is 0.304 e. The Kier molecular flexibility index (Phi) is 10.6. The molecule has 8 nitrogen and oxygen atoms in total. The van der Waals surface area contributed by atoms with Crippen LogP contribution in [0, 0.1) is 13.8 Å². The highest BCUT2D eigenvalue weighted by atomic mass is 32.2. The summed E-state index contributed by atoms with van der Waals surface area (Å²) in [6.07, 6.45) is 5.10. The number of carbonyl (C=O) groups excluding carboxylic acids is 2. The lowest BCUT2D eigenvalue weighted by Crippen LogP contribution is -2.30. The second-order valence-corrected chi connectivity index (χ2v) is 11.3. The van der Waals surface area contributed by atoms with Gasteiger partial charge in [-0.25, -0.2) is 5.43 Å². The number of carboxylic acids is 1. The van der Waals surface area contributed by atoms with Crippen LogP contribution in [0.25, 0.3) is 0 Å². The van der Waals surface area contributed by atoms with Gasteiger partial charge in [0.05, 0.1) is 23.9 Å². The van der Waals surface area contributed by atoms with Gasteiger partial charge in [0.1, 0.15) is 0 Å². The minimum absolute atomic E-state index is 0.0951. The molecular weight excluding hydrogens is 536 g/mol. The SMILES string of the molecule is Cc1ccc(C=NNC(=O)c2cc(N3CCCCC3)ccc2NC(=O)c2cccc(CSCCC(=O)O)c2)cc1C. The Balaban J connectivity index is 1.51. The summed E-state index contributed by atoms with van der Waals surface area (Å²) in [6.45, 7) is 5.92. The highest BCUT2D eigenvalue weighted by molar-refractivity contribution is 7.98. The van der Waals surface area contributed by atoms with Crippen LogP contribution in [0.5, 0.6) is 0 Å². The molecule has 4 rings (SSSR count). The van der Waals surface area contributed by atoms with E-state index < -0.39 is 11.9 Å². The fourth-order valence-electron chi connectivity index (χ4n) is 4.59. The lowest BCUT2D eigenvalue weighted by atomic mass is 10.1. The Morgan fingerprint density at radius 3 is 2.51 bits per heavy atom. The number of nitrogens with one attached hydrogen (secondary N) is 2. The second-order valence-electron chi connectivity index (χ2n) is 10.2. The van der Waals surface area contributed by atoms with E-state index in [0.717, 1.165) is 48.3 Å². The fourth-order valence-corrected chi connectivity index (χ4v) is 5.47. The molecule has 0 bridgehead atoms. The van der Waals surface area contributed by atoms with Crippen LogP contribution >= 0.6 is 11.8 Å². The van der Waals surface area contributed by atoms with Gasteiger partial charge in [0, 0.05) is 35.8 Å². The van der Waals surface area contributed by atoms with Crippen molar-refractivity contribution < 1.29 is 19.5 Å². The summed E-state index contributed by atoms with van der Waals surface area (Å²) in [5.74, 6) is -0.471. The molecule has 0 aliphatic carbocycles. The highest BCUT2D eigenvalue weighted by Crippen LogP contribution is 2.27. The zero-order chi connectivity index (χ0) is 29.2. The molecule has 0 saturated carbocycles. The number of hydrogen-bond acceptors (Lipinski definition) is 6. The fraction of sp³-hybridized carbons (Fsp3) is 0.312. The van der Waals surface area contributed by atoms with Crippen molar-refractivity contribution in [3.8, 4) is 0 Å². The largest absolute Gasteiger partial charge is 0.481 e. The van der Waals surface area contributed by atoms with Crippen molar-refractivity contribution in [3.63, 3.8) is 0 Å². The molecule has 1 fully saturated rings. The first-order valence-corrected chi connectivity index (χ1v) is 14.9. The minimum atomic E-state index is -0.826. The third kappa shape index (κ3) is 8.69. The predicted molar refractivity (Wildman–Crippen MR) is 166 cm³/mol. The molecule has 1 heterocycles. The molecule has 3 aromatic carbocycles. The van der Waals surface area contributed by atoms with Crippen molar-refractivity contribution in [2.45, 2.75) is 45.3 Å². The number of thioether (sulfide) groups is 1. The Morgan fingerprint density at radius 1 is 0.951 bits per heavy atom. The predicted octanol–water partition coefficient (Wildman–Crippen LogP) is 6.02. The molecule has 1 saturated heterocycles. The van der Waals surface area contributed by atoms with Crippen molar-refractivity contribution >= 4 is 47.1 Å². The van der Waals surface area contributed by atoms with Crippen LogP contribution in [0.4, 0.5) is 11.4 Å². The minimum Gasteiger partial charge on any atom is -0.481 e. The van der Waals surface area contributed by atoms with Crippen LogP contribution in [-0.2, 0) is 10.5 Å². The Labute approximate surface area is 245 Å². The lowest BCUT2D eigenvalue weighted by Gasteiger charge is -2.29. The number of aliphatic carboxylic acids is 1. The summed E-state index contributed by atoms with van der Waals surface area (Å²) in [5, 5.41) is 15.9. The Hall–Kier alpha value is -4.11. The summed E-state index contributed by atoms with van der Waals surface area (Å²) >= 11 is 1.50. The first-order valence-electron chi connectivity index (χ1n) is 13.8. The van der Waals surface area contributed by atoms with Gasteiger partial charge >= 0.3 is 5.97 Å². The summed E-state index contributed by atoms with van der Waals surface area (Å²) in [7, 11) is 0. The van der Waals surface area contributed by atoms with Gasteiger partial charge in [-0.2, -0.15) is 16.9 Å². The number of hydrazone groups is 1. The van der Waals surface area contributed by atoms with Gasteiger partial charge in [-0.1, -0.05) is 30.3 Å². The topological polar surface area (TPSA) is 111 Å². The summed E-state index contributed by atoms with van der Waals surface area (Å²) in [6, 6.07) is 18.7. The van der Waals surface area contributed by atoms with Crippen molar-refractivity contribution in [2.24, 2.45) is 5.10 Å². The van der Waals surface area contributed by atoms with Gasteiger partial charge in [-0.15, -0.1) is 0 Å². The van der Waals surface area contributed by atoms with Gasteiger partial charge in [0.2, 0.25) is 0 Å². The molecule has 0 atom stereocenters. The summed E-state index contributed by atoms with van der Waals surface area (Å²) in [5.41, 5.74) is 8.88. The van der Waals surface area contributed by atoms with E-state index in [1.165, 1.54) is 23.7 Å². The highest BCUT2D eigenvalue weighted by Gasteiger charge is 2.19. The lowest BCUT2D eigenvalue weighted by molar-refractivity contribution is -0.136. The first kappa shape index (κ1) is 29.9. The number of aryl methyl sites for hydroxylation is 2. The Bertz CT molecular complexity index is 1430. The average molecular weight is 573 g/mol. The third-order valence-corrected chi connectivity index (χ3v) is 8.08. The van der Waals surface area contributed by atoms with E-state index in [2.05, 4.69) is 20.7 Å². The van der Waals surface area contributed by atoms with E-state index in [0.29, 0.717) is 28.3 Å². The van der Waals surface area contributed by atoms with E-state index in [9.17, 15) is 14.4 Å². The van der Waals surface area contributed by atoms with Crippen molar-refractivity contribution in [1.82, 2.24) is 5.43 Å². The molecule has 0 aromatic heterocycles. The number of hydrogen-bond donors (Lipinski definition) is 3. The van der Waals surface area contributed by atoms with E-state index in [1.54, 1.807) is 30.5 Å². The molecule has 0 unspecified atom stereocenters. The van der Waals surface area contributed by atoms with Gasteiger partial charge in [0.15, 0.2) is 0 Å². The summed E-state index contributed by atoms with van der Waals surface area (Å²) < 4.78 is 0. The molecular formula is C32H36N4O4S. The quantitative estimate of drug-likeness (QED) is 0.147. The van der Waals surface area contributed by atoms with Crippen molar-refractivity contribution in [3.05, 3.63) is 94.0 Å². The van der Waals surface area contributed by atoms with Gasteiger partial charge in [-0.3, -0.25) is 14.4 Å². The van der Waals surface area contributed by atoms with Crippen LogP contribution in [-0.4, -0.2) is 47.9 Å². The maximum absolute atomic E-state index is 13.3. The molecule has 9 heteroatoms. The molecule has 1 aliphatic heterocycles. The monoisotopic (exact) mass is 572 g/mol. The second kappa shape index (κ2) is 14.5. The van der Waals surface area contributed by atoms with Crippen LogP contribution in [0.3, 0.4) is 0 Å². The number of rotatable bonds is 11. The number of nitrogens with zero attached hydrogens (tertiary/aromatic N) is 2. The molecule has 0 radical (unpaired) electrons. The molecule has 0 spiro atoms. The zero-order valence-corrected chi connectivity index (χ0v) is 24.3. The van der Waals surface area contributed by atoms with Crippen LogP contribution < -0.4 is 15.6 Å². The average Bonchev–Trinajstić information content (AvgIpc) is 2.98. The van der Waals surface area contributed by atoms with Crippen LogP contribution in [0.2, 0.25) is 0 Å². The van der Waals surface area contributed by atoms with Gasteiger partial charge in [0.25, 0.3) is 11.8 Å². The van der Waals surface area contributed by atoms with E-state index in [1.807, 2.05) is 50.2 Å². The van der Waals surface area contributed by atoms with Crippen molar-refractivity contribution in [2.75, 3.05) is 29.1 Å². The van der Waals surface area contributed by atoms with Crippen molar-refractivity contribution in [1.29, 1.82) is 0 Å². The number of amides is 2. The molecule has 3 aromatic rings. The number of carboxylic acid groups (broad SMARTS) is 1. The molecule has 41 heavy (non-hydrogen) atoms. The number of carbonyl (C=O) groups is 3. The summed E-state index contributed by atoms with van der Waals surface area (Å²) in [4.78, 5) is 39.6. The van der Waals surface area contributed by atoms with E-state index in [-0.39, 0.29) is 12.3 Å². The molecule has 3 N–H and O–H groups in total. The third-order valence-electron chi connectivity index (χ3n) is 7.05. The first-order chi connectivity index (χ1) is 19.8. The molecule has 214 valence electrons. The molecule has 2 amide bonds. The number of benzene rings is 3. The van der Waals surface area contributed by atoms with Gasteiger partial charge < -0.3 is 15.3 Å². The zero-order valence-electron chi connectivity index (χ0n) is 23.5. The normalized spacial score (nSPS) is 13.3. The van der Waals surface area contributed by atoms with E-state index in [4.69, 9.17) is 5.11 Å². The number of piperidine rings is 1. The standard InChI is InChI=1S/C32H36N4O4S/c1-22-9-10-24(17-23(22)2)20-33-35-32(40)28-19-27(36-14-4-3-5-15-36)11-12-29(28)34-31(39)26-8-6-7-25(18-26)21-41-16-13-30(37)38/h6-12,17-20H,3-5,13-16,21H2,1-2H3,(H,34,39)(H,35,40)(H,37,38). The van der Waals surface area contributed by atoms with Gasteiger partial charge in [-0.05, 0) is 85.7 Å². The number of anilines is 2. The molecule has 1 aliphatic rings. The maximum Gasteiger partial charge on any atom is 0.304 e.